The second-order valence-electron chi connectivity index (χ2n) is 4.13. The molecule has 0 atom stereocenters. The molecule has 1 aliphatic heterocycles. The molecule has 0 aliphatic carbocycles. The van der Waals surface area contributed by atoms with Crippen LogP contribution >= 0.6 is 31.9 Å². The van der Waals surface area contributed by atoms with Gasteiger partial charge in [0.1, 0.15) is 0 Å². The molecule has 19 heavy (non-hydrogen) atoms. The first-order valence-electron chi connectivity index (χ1n) is 5.80. The van der Waals surface area contributed by atoms with Crippen LogP contribution in [-0.4, -0.2) is 6.79 Å². The fourth-order valence-corrected chi connectivity index (χ4v) is 2.70. The topological polar surface area (TPSA) is 30.5 Å². The summed E-state index contributed by atoms with van der Waals surface area (Å²) in [5.41, 5.74) is 2.12. The molecule has 0 saturated carbocycles. The monoisotopic (exact) mass is 383 g/mol. The Hall–Kier alpha value is -1.20. The predicted octanol–water partition coefficient (Wildman–Crippen LogP) is 4.55. The summed E-state index contributed by atoms with van der Waals surface area (Å²) in [6.07, 6.45) is 0. The summed E-state index contributed by atoms with van der Waals surface area (Å²) in [6.45, 7) is 0.981. The number of fused-ring (bicyclic) bond motifs is 1. The highest BCUT2D eigenvalue weighted by molar-refractivity contribution is 9.11. The smallest absolute Gasteiger partial charge is 0.231 e. The van der Waals surface area contributed by atoms with Crippen LogP contribution in [0.25, 0.3) is 0 Å². The van der Waals surface area contributed by atoms with Crippen molar-refractivity contribution in [1.82, 2.24) is 0 Å². The molecule has 0 aromatic heterocycles. The van der Waals surface area contributed by atoms with Crippen molar-refractivity contribution < 1.29 is 9.47 Å². The summed E-state index contributed by atoms with van der Waals surface area (Å²) in [5, 5.41) is 3.39. The Balaban J connectivity index is 1.80. The fraction of sp³-hybridized carbons (Fsp3) is 0.143. The largest absolute Gasteiger partial charge is 0.454 e. The van der Waals surface area contributed by atoms with Gasteiger partial charge in [0.2, 0.25) is 6.79 Å². The predicted molar refractivity (Wildman–Crippen MR) is 81.7 cm³/mol. The van der Waals surface area contributed by atoms with Gasteiger partial charge in [0.05, 0.1) is 0 Å². The van der Waals surface area contributed by atoms with Crippen LogP contribution in [0, 0.1) is 0 Å². The minimum absolute atomic E-state index is 0.299. The molecule has 1 aliphatic rings. The maximum absolute atomic E-state index is 5.49. The summed E-state index contributed by atoms with van der Waals surface area (Å²) in [4.78, 5) is 0. The summed E-state index contributed by atoms with van der Waals surface area (Å²) in [5.74, 6) is 1.65. The van der Waals surface area contributed by atoms with E-state index < -0.39 is 0 Å². The lowest BCUT2D eigenvalue weighted by Crippen LogP contribution is -2.01. The number of halogens is 2. The third-order valence-corrected chi connectivity index (χ3v) is 4.06. The molecule has 0 spiro atoms. The molecular formula is C14H11Br2NO2. The van der Waals surface area contributed by atoms with E-state index in [9.17, 15) is 0 Å². The van der Waals surface area contributed by atoms with Crippen LogP contribution in [-0.2, 0) is 6.54 Å². The standard InChI is InChI=1S/C14H11Br2NO2/c15-10-4-5-11(16)12(6-10)17-7-9-2-1-3-13-14(9)19-8-18-13/h1-6,17H,7-8H2. The van der Waals surface area contributed by atoms with Crippen molar-refractivity contribution >= 4 is 37.5 Å². The zero-order valence-corrected chi connectivity index (χ0v) is 13.1. The molecule has 3 nitrogen and oxygen atoms in total. The number of para-hydroxylation sites is 1. The van der Waals surface area contributed by atoms with Gasteiger partial charge in [-0.3, -0.25) is 0 Å². The molecule has 2 aromatic rings. The maximum atomic E-state index is 5.49. The van der Waals surface area contributed by atoms with E-state index in [0.717, 1.165) is 31.7 Å². The highest BCUT2D eigenvalue weighted by Gasteiger charge is 2.16. The highest BCUT2D eigenvalue weighted by atomic mass is 79.9. The zero-order valence-electron chi connectivity index (χ0n) is 9.95. The quantitative estimate of drug-likeness (QED) is 0.841. The van der Waals surface area contributed by atoms with E-state index in [1.807, 2.05) is 36.4 Å². The second-order valence-corrected chi connectivity index (χ2v) is 5.90. The average Bonchev–Trinajstić information content (AvgIpc) is 2.88. The summed E-state index contributed by atoms with van der Waals surface area (Å²) in [7, 11) is 0. The lowest BCUT2D eigenvalue weighted by atomic mass is 10.2. The Morgan fingerprint density at radius 3 is 2.89 bits per heavy atom. The maximum Gasteiger partial charge on any atom is 0.231 e. The molecule has 0 unspecified atom stereocenters. The van der Waals surface area contributed by atoms with Gasteiger partial charge in [-0.05, 0) is 40.2 Å². The molecule has 1 N–H and O–H groups in total. The minimum atomic E-state index is 0.299. The molecule has 5 heteroatoms. The summed E-state index contributed by atoms with van der Waals surface area (Å²) in [6, 6.07) is 12.0. The van der Waals surface area contributed by atoms with Crippen LogP contribution in [0.5, 0.6) is 11.5 Å². The van der Waals surface area contributed by atoms with Gasteiger partial charge in [-0.15, -0.1) is 0 Å². The Morgan fingerprint density at radius 1 is 1.11 bits per heavy atom. The molecule has 3 rings (SSSR count). The number of anilines is 1. The first kappa shape index (κ1) is 12.8. The normalized spacial score (nSPS) is 12.5. The minimum Gasteiger partial charge on any atom is -0.454 e. The van der Waals surface area contributed by atoms with Crippen molar-refractivity contribution in [3.63, 3.8) is 0 Å². The second kappa shape index (κ2) is 5.43. The molecule has 0 bridgehead atoms. The van der Waals surface area contributed by atoms with Crippen molar-refractivity contribution in [3.8, 4) is 11.5 Å². The van der Waals surface area contributed by atoms with Gasteiger partial charge in [0.15, 0.2) is 11.5 Å². The third kappa shape index (κ3) is 2.72. The van der Waals surface area contributed by atoms with Crippen LogP contribution in [0.1, 0.15) is 5.56 Å². The Labute approximate surface area is 128 Å². The van der Waals surface area contributed by atoms with E-state index in [0.29, 0.717) is 13.3 Å². The summed E-state index contributed by atoms with van der Waals surface area (Å²) >= 11 is 6.99. The number of hydrogen-bond donors (Lipinski definition) is 1. The van der Waals surface area contributed by atoms with Crippen LogP contribution < -0.4 is 14.8 Å². The Kier molecular flexibility index (Phi) is 3.66. The van der Waals surface area contributed by atoms with E-state index in [-0.39, 0.29) is 0 Å². The van der Waals surface area contributed by atoms with Crippen molar-refractivity contribution in [2.45, 2.75) is 6.54 Å². The molecule has 0 saturated heterocycles. The zero-order chi connectivity index (χ0) is 13.2. The third-order valence-electron chi connectivity index (χ3n) is 2.88. The molecule has 1 heterocycles. The Bertz CT molecular complexity index is 616. The van der Waals surface area contributed by atoms with Gasteiger partial charge in [-0.1, -0.05) is 28.1 Å². The van der Waals surface area contributed by atoms with Crippen LogP contribution in [0.3, 0.4) is 0 Å². The number of hydrogen-bond acceptors (Lipinski definition) is 3. The van der Waals surface area contributed by atoms with Crippen molar-refractivity contribution in [2.24, 2.45) is 0 Å². The van der Waals surface area contributed by atoms with Gasteiger partial charge >= 0.3 is 0 Å². The number of nitrogens with one attached hydrogen (secondary N) is 1. The molecule has 0 amide bonds. The van der Waals surface area contributed by atoms with Crippen molar-refractivity contribution in [2.75, 3.05) is 12.1 Å². The van der Waals surface area contributed by atoms with Gasteiger partial charge < -0.3 is 14.8 Å². The lowest BCUT2D eigenvalue weighted by Gasteiger charge is -2.10. The SMILES string of the molecule is Brc1ccc(Br)c(NCc2cccc3c2OCO3)c1. The van der Waals surface area contributed by atoms with Gasteiger partial charge in [0, 0.05) is 26.7 Å². The number of ether oxygens (including phenoxy) is 2. The highest BCUT2D eigenvalue weighted by Crippen LogP contribution is 2.36. The van der Waals surface area contributed by atoms with Crippen LogP contribution in [0.15, 0.2) is 45.3 Å². The first-order valence-corrected chi connectivity index (χ1v) is 7.39. The van der Waals surface area contributed by atoms with Crippen molar-refractivity contribution in [3.05, 3.63) is 50.9 Å². The van der Waals surface area contributed by atoms with E-state index in [1.165, 1.54) is 0 Å². The van der Waals surface area contributed by atoms with Gasteiger partial charge in [-0.2, -0.15) is 0 Å². The van der Waals surface area contributed by atoms with Crippen LogP contribution in [0.4, 0.5) is 5.69 Å². The molecule has 0 radical (unpaired) electrons. The molecule has 2 aromatic carbocycles. The van der Waals surface area contributed by atoms with E-state index in [4.69, 9.17) is 9.47 Å². The van der Waals surface area contributed by atoms with Gasteiger partial charge in [-0.25, -0.2) is 0 Å². The van der Waals surface area contributed by atoms with Crippen molar-refractivity contribution in [1.29, 1.82) is 0 Å². The first-order chi connectivity index (χ1) is 9.24. The van der Waals surface area contributed by atoms with Crippen LogP contribution in [0.2, 0.25) is 0 Å². The fourth-order valence-electron chi connectivity index (χ4n) is 1.95. The number of benzene rings is 2. The van der Waals surface area contributed by atoms with E-state index in [2.05, 4.69) is 37.2 Å². The average molecular weight is 385 g/mol. The molecule has 0 fully saturated rings. The van der Waals surface area contributed by atoms with E-state index >= 15 is 0 Å². The summed E-state index contributed by atoms with van der Waals surface area (Å²) < 4.78 is 12.9. The molecular weight excluding hydrogens is 374 g/mol. The lowest BCUT2D eigenvalue weighted by molar-refractivity contribution is 0.173. The molecule has 98 valence electrons. The number of rotatable bonds is 3. The van der Waals surface area contributed by atoms with Gasteiger partial charge in [0.25, 0.3) is 0 Å². The van der Waals surface area contributed by atoms with E-state index in [1.54, 1.807) is 0 Å². The Morgan fingerprint density at radius 2 is 2.00 bits per heavy atom.